The normalized spacial score (nSPS) is 11.2. The molecule has 0 aliphatic rings. The molecule has 23 heavy (non-hydrogen) atoms. The van der Waals surface area contributed by atoms with Crippen molar-refractivity contribution in [1.82, 2.24) is 9.55 Å². The van der Waals surface area contributed by atoms with E-state index in [9.17, 15) is 0 Å². The smallest absolute Gasteiger partial charge is 0.0945 e. The number of unbranched alkanes of at least 4 members (excludes halogenated alkanes) is 14. The maximum Gasteiger partial charge on any atom is 0.0945 e. The molecule has 0 bridgehead atoms. The highest BCUT2D eigenvalue weighted by Crippen LogP contribution is 2.13. The third-order valence-corrected chi connectivity index (χ3v) is 4.95. The number of rotatable bonds is 17. The average molecular weight is 339 g/mol. The fourth-order valence-electron chi connectivity index (χ4n) is 3.12. The van der Waals surface area contributed by atoms with E-state index in [2.05, 4.69) is 28.4 Å². The van der Waals surface area contributed by atoms with Crippen molar-refractivity contribution >= 4 is 12.6 Å². The molecule has 0 N–H and O–H groups in total. The van der Waals surface area contributed by atoms with Crippen LogP contribution in [0.3, 0.4) is 0 Å². The number of aryl methyl sites for hydroxylation is 1. The van der Waals surface area contributed by atoms with E-state index in [1.54, 1.807) is 0 Å². The molecule has 2 nitrogen and oxygen atoms in total. The van der Waals surface area contributed by atoms with Crippen molar-refractivity contribution < 1.29 is 0 Å². The van der Waals surface area contributed by atoms with E-state index in [0.717, 1.165) is 12.3 Å². The zero-order valence-corrected chi connectivity index (χ0v) is 16.0. The summed E-state index contributed by atoms with van der Waals surface area (Å²) in [6.07, 6.45) is 27.0. The fraction of sp³-hybridized carbons (Fsp3) is 0.850. The number of imidazole rings is 1. The van der Waals surface area contributed by atoms with Crippen molar-refractivity contribution in [2.24, 2.45) is 0 Å². The van der Waals surface area contributed by atoms with Crippen LogP contribution in [0.4, 0.5) is 0 Å². The van der Waals surface area contributed by atoms with Crippen LogP contribution in [0.15, 0.2) is 18.7 Å². The summed E-state index contributed by atoms with van der Waals surface area (Å²) in [4.78, 5) is 4.07. The minimum atomic E-state index is 1.06. The van der Waals surface area contributed by atoms with E-state index >= 15 is 0 Å². The molecule has 1 aromatic heterocycles. The molecule has 1 aromatic rings. The van der Waals surface area contributed by atoms with Gasteiger partial charge in [-0.25, -0.2) is 4.98 Å². The van der Waals surface area contributed by atoms with Gasteiger partial charge in [0.05, 0.1) is 6.33 Å². The van der Waals surface area contributed by atoms with Gasteiger partial charge in [-0.2, -0.15) is 12.6 Å². The standard InChI is InChI=1S/C20H38N2S/c23-19-15-13-11-9-7-5-3-1-2-4-6-8-10-12-14-17-22-18-16-21-20-22/h16,18,20,23H,1-15,17,19H2. The van der Waals surface area contributed by atoms with Gasteiger partial charge in [0.2, 0.25) is 0 Å². The Morgan fingerprint density at radius 1 is 0.609 bits per heavy atom. The lowest BCUT2D eigenvalue weighted by atomic mass is 10.0. The Balaban J connectivity index is 1.67. The lowest BCUT2D eigenvalue weighted by molar-refractivity contribution is 0.522. The third kappa shape index (κ3) is 13.7. The Hall–Kier alpha value is -0.440. The number of aromatic nitrogens is 2. The van der Waals surface area contributed by atoms with Gasteiger partial charge < -0.3 is 4.57 Å². The summed E-state index contributed by atoms with van der Waals surface area (Å²) in [5, 5.41) is 0. The Bertz CT molecular complexity index is 324. The van der Waals surface area contributed by atoms with Gasteiger partial charge in [-0.1, -0.05) is 83.5 Å². The van der Waals surface area contributed by atoms with Gasteiger partial charge in [-0.05, 0) is 18.6 Å². The lowest BCUT2D eigenvalue weighted by Crippen LogP contribution is -1.93. The van der Waals surface area contributed by atoms with Crippen molar-refractivity contribution in [3.8, 4) is 0 Å². The van der Waals surface area contributed by atoms with Crippen molar-refractivity contribution in [1.29, 1.82) is 0 Å². The van der Waals surface area contributed by atoms with Gasteiger partial charge >= 0.3 is 0 Å². The molecular weight excluding hydrogens is 300 g/mol. The van der Waals surface area contributed by atoms with Gasteiger partial charge in [0.15, 0.2) is 0 Å². The summed E-state index contributed by atoms with van der Waals surface area (Å²) >= 11 is 4.25. The SMILES string of the molecule is SCCCCCCCCCCCCCCCCCn1ccnc1. The minimum Gasteiger partial charge on any atom is -0.337 e. The van der Waals surface area contributed by atoms with Crippen LogP contribution >= 0.6 is 12.6 Å². The van der Waals surface area contributed by atoms with E-state index < -0.39 is 0 Å². The Labute approximate surface area is 149 Å². The second kappa shape index (κ2) is 16.4. The first-order chi connectivity index (χ1) is 11.4. The summed E-state index contributed by atoms with van der Waals surface area (Å²) in [5.74, 6) is 1.06. The first-order valence-electron chi connectivity index (χ1n) is 10.00. The van der Waals surface area contributed by atoms with E-state index in [-0.39, 0.29) is 0 Å². The number of hydrogen-bond donors (Lipinski definition) is 1. The van der Waals surface area contributed by atoms with Crippen LogP contribution in [0.1, 0.15) is 96.3 Å². The summed E-state index contributed by atoms with van der Waals surface area (Å²) in [5.41, 5.74) is 0. The monoisotopic (exact) mass is 338 g/mol. The fourth-order valence-corrected chi connectivity index (χ4v) is 3.35. The molecule has 0 unspecified atom stereocenters. The zero-order valence-electron chi connectivity index (χ0n) is 15.1. The van der Waals surface area contributed by atoms with Crippen molar-refractivity contribution in [3.63, 3.8) is 0 Å². The van der Waals surface area contributed by atoms with E-state index in [4.69, 9.17) is 0 Å². The summed E-state index contributed by atoms with van der Waals surface area (Å²) in [7, 11) is 0. The summed E-state index contributed by atoms with van der Waals surface area (Å²) in [6.45, 7) is 1.13. The highest BCUT2D eigenvalue weighted by Gasteiger charge is 1.95. The van der Waals surface area contributed by atoms with Crippen molar-refractivity contribution in [2.75, 3.05) is 5.75 Å². The quantitative estimate of drug-likeness (QED) is 0.248. The summed E-state index contributed by atoms with van der Waals surface area (Å²) in [6, 6.07) is 0. The number of nitrogens with zero attached hydrogens (tertiary/aromatic N) is 2. The van der Waals surface area contributed by atoms with E-state index in [1.165, 1.54) is 96.3 Å². The van der Waals surface area contributed by atoms with Gasteiger partial charge in [0.1, 0.15) is 0 Å². The second-order valence-corrected chi connectivity index (χ2v) is 7.27. The first-order valence-corrected chi connectivity index (χ1v) is 10.6. The van der Waals surface area contributed by atoms with Gasteiger partial charge in [-0.15, -0.1) is 0 Å². The average Bonchev–Trinajstić information content (AvgIpc) is 3.08. The van der Waals surface area contributed by atoms with E-state index in [1.807, 2.05) is 12.5 Å². The van der Waals surface area contributed by atoms with Crippen LogP contribution in [0.25, 0.3) is 0 Å². The summed E-state index contributed by atoms with van der Waals surface area (Å²) < 4.78 is 2.18. The number of hydrogen-bond acceptors (Lipinski definition) is 2. The molecule has 0 aliphatic heterocycles. The molecule has 0 aliphatic carbocycles. The molecule has 1 heterocycles. The molecule has 0 aromatic carbocycles. The maximum atomic E-state index is 4.25. The lowest BCUT2D eigenvalue weighted by Gasteiger charge is -2.04. The van der Waals surface area contributed by atoms with Crippen LogP contribution in [-0.4, -0.2) is 15.3 Å². The molecule has 0 fully saturated rings. The van der Waals surface area contributed by atoms with Crippen LogP contribution in [-0.2, 0) is 6.54 Å². The number of thiol groups is 1. The van der Waals surface area contributed by atoms with Gasteiger partial charge in [-0.3, -0.25) is 0 Å². The van der Waals surface area contributed by atoms with Crippen molar-refractivity contribution in [2.45, 2.75) is 103 Å². The topological polar surface area (TPSA) is 17.8 Å². The van der Waals surface area contributed by atoms with Crippen LogP contribution in [0.2, 0.25) is 0 Å². The molecule has 3 heteroatoms. The van der Waals surface area contributed by atoms with Gasteiger partial charge in [0, 0.05) is 18.9 Å². The van der Waals surface area contributed by atoms with Crippen molar-refractivity contribution in [3.05, 3.63) is 18.7 Å². The molecule has 1 rings (SSSR count). The molecule has 0 radical (unpaired) electrons. The zero-order chi connectivity index (χ0) is 16.4. The first kappa shape index (κ1) is 20.6. The Morgan fingerprint density at radius 2 is 1.04 bits per heavy atom. The maximum absolute atomic E-state index is 4.25. The highest BCUT2D eigenvalue weighted by atomic mass is 32.1. The van der Waals surface area contributed by atoms with Crippen LogP contribution in [0, 0.1) is 0 Å². The molecule has 0 spiro atoms. The molecule has 0 atom stereocenters. The largest absolute Gasteiger partial charge is 0.337 e. The third-order valence-electron chi connectivity index (χ3n) is 4.63. The van der Waals surface area contributed by atoms with Crippen LogP contribution < -0.4 is 0 Å². The molecule has 0 saturated carbocycles. The Kier molecular flexibility index (Phi) is 14.7. The predicted octanol–water partition coefficient (Wildman–Crippen LogP) is 6.66. The molecule has 134 valence electrons. The highest BCUT2D eigenvalue weighted by molar-refractivity contribution is 7.80. The molecule has 0 saturated heterocycles. The van der Waals surface area contributed by atoms with E-state index in [0.29, 0.717) is 0 Å². The Morgan fingerprint density at radius 3 is 1.43 bits per heavy atom. The molecular formula is C20H38N2S. The minimum absolute atomic E-state index is 1.06. The van der Waals surface area contributed by atoms with Gasteiger partial charge in [0.25, 0.3) is 0 Å². The van der Waals surface area contributed by atoms with Crippen LogP contribution in [0.5, 0.6) is 0 Å². The molecule has 0 amide bonds. The predicted molar refractivity (Wildman–Crippen MR) is 105 cm³/mol. The second-order valence-electron chi connectivity index (χ2n) is 6.83.